The van der Waals surface area contributed by atoms with E-state index in [1.165, 1.54) is 31.1 Å². The molecule has 0 radical (unpaired) electrons. The molecule has 4 N–H and O–H groups in total. The molecule has 0 aromatic heterocycles. The van der Waals surface area contributed by atoms with Gasteiger partial charge in [-0.2, -0.15) is 0 Å². The molecule has 14 heteroatoms. The Hall–Kier alpha value is -4.01. The van der Waals surface area contributed by atoms with Crippen LogP contribution < -0.4 is 5.73 Å². The van der Waals surface area contributed by atoms with Crippen molar-refractivity contribution in [2.24, 2.45) is 29.4 Å². The Kier molecular flexibility index (Phi) is 8.20. The van der Waals surface area contributed by atoms with Gasteiger partial charge in [-0.15, -0.1) is 0 Å². The molecule has 1 aliphatic heterocycles. The number of likely N-dealkylation sites (N-methyl/N-ethyl adjacent to an activating group) is 1. The lowest BCUT2D eigenvalue weighted by molar-refractivity contribution is -0.181. The first kappa shape index (κ1) is 31.4. The number of ketones is 5. The molecule has 2 unspecified atom stereocenters. The number of phenols is 1. The maximum atomic E-state index is 13.9. The zero-order valence-corrected chi connectivity index (χ0v) is 24.8. The van der Waals surface area contributed by atoms with Crippen LogP contribution in [0.2, 0.25) is 0 Å². The second-order valence-corrected chi connectivity index (χ2v) is 12.2. The highest BCUT2D eigenvalue weighted by molar-refractivity contribution is 6.32. The first-order chi connectivity index (χ1) is 20.7. The molecule has 236 valence electrons. The lowest BCUT2D eigenvalue weighted by Crippen LogP contribution is -2.74. The third kappa shape index (κ3) is 4.81. The molecule has 5 rings (SSSR count). The van der Waals surface area contributed by atoms with Gasteiger partial charge < -0.3 is 25.6 Å². The van der Waals surface area contributed by atoms with Crippen LogP contribution in [0.25, 0.3) is 0 Å². The van der Waals surface area contributed by atoms with Crippen molar-refractivity contribution in [3.05, 3.63) is 28.8 Å². The van der Waals surface area contributed by atoms with Crippen LogP contribution in [-0.2, 0) is 30.3 Å². The monoisotopic (exact) mass is 612 g/mol. The van der Waals surface area contributed by atoms with Crippen molar-refractivity contribution in [2.75, 3.05) is 53.4 Å². The van der Waals surface area contributed by atoms with E-state index in [1.54, 1.807) is 11.8 Å². The van der Waals surface area contributed by atoms with Crippen LogP contribution in [0.5, 0.6) is 5.75 Å². The first-order valence-electron chi connectivity index (χ1n) is 14.6. The predicted octanol–water partition coefficient (Wildman–Crippen LogP) is -1.18. The zero-order valence-electron chi connectivity index (χ0n) is 24.8. The Bertz CT molecular complexity index is 1470. The summed E-state index contributed by atoms with van der Waals surface area (Å²) in [6.45, 7) is 3.54. The van der Waals surface area contributed by atoms with Crippen molar-refractivity contribution in [3.63, 3.8) is 0 Å². The number of carbonyl (C=O) groups is 7. The molecule has 1 saturated heterocycles. The second kappa shape index (κ2) is 11.5. The minimum absolute atomic E-state index is 0.00204. The van der Waals surface area contributed by atoms with Crippen molar-refractivity contribution in [3.8, 4) is 5.75 Å². The molecule has 3 fully saturated rings. The molecule has 2 amide bonds. The van der Waals surface area contributed by atoms with Gasteiger partial charge in [0.25, 0.3) is 0 Å². The van der Waals surface area contributed by atoms with E-state index < -0.39 is 76.2 Å². The number of aromatic hydroxyl groups is 1. The maximum Gasteiger partial charge on any atom is 0.409 e. The number of carbonyl (C=O) groups excluding carboxylic acids is 7. The van der Waals surface area contributed by atoms with Crippen LogP contribution in [0.4, 0.5) is 4.79 Å². The summed E-state index contributed by atoms with van der Waals surface area (Å²) in [6.07, 6.45) is -0.530. The molecule has 1 aromatic rings. The van der Waals surface area contributed by atoms with E-state index in [2.05, 4.69) is 0 Å². The normalized spacial score (nSPS) is 30.5. The van der Waals surface area contributed by atoms with E-state index in [9.17, 15) is 43.8 Å². The summed E-state index contributed by atoms with van der Waals surface area (Å²) in [4.78, 5) is 97.0. The van der Waals surface area contributed by atoms with Gasteiger partial charge in [-0.05, 0) is 57.5 Å². The fourth-order valence-corrected chi connectivity index (χ4v) is 7.46. The van der Waals surface area contributed by atoms with Crippen LogP contribution in [-0.4, -0.2) is 131 Å². The number of phenolic OH excluding ortho intramolecular Hbond substituents is 1. The number of ether oxygens (including phenoxy) is 1. The molecule has 1 heterocycles. The maximum absolute atomic E-state index is 13.9. The van der Waals surface area contributed by atoms with Gasteiger partial charge in [0.05, 0.1) is 30.7 Å². The summed E-state index contributed by atoms with van der Waals surface area (Å²) < 4.78 is 5.03. The van der Waals surface area contributed by atoms with Crippen molar-refractivity contribution in [1.82, 2.24) is 14.7 Å². The first-order valence-corrected chi connectivity index (χ1v) is 14.6. The number of fused-ring (bicyclic) bond motifs is 3. The van der Waals surface area contributed by atoms with Crippen LogP contribution in [0.15, 0.2) is 12.1 Å². The van der Waals surface area contributed by atoms with Gasteiger partial charge >= 0.3 is 6.09 Å². The minimum Gasteiger partial charge on any atom is -0.507 e. The number of amides is 2. The van der Waals surface area contributed by atoms with Crippen molar-refractivity contribution in [2.45, 2.75) is 31.4 Å². The minimum atomic E-state index is -2.81. The fraction of sp³-hybridized carbons (Fsp3) is 0.567. The van der Waals surface area contributed by atoms with Gasteiger partial charge in [-0.1, -0.05) is 0 Å². The Balaban J connectivity index is 1.45. The standard InChI is InChI=1S/C30H36N4O10/c1-4-44-29(42)34-9-7-33(8-10-34)13-19(36)15-5-6-18(35)21-16(15)11-14-12-17-23(32(2)3)25(38)22(28(31)41)27(40)30(17,43)26(39)20(14)24(21)37/h5-6,14,17,20,22-23,35,43H,4,7-13H2,1-3H3,(H2,31,41)/t14-,17-,20?,22?,23-,30-/m0/s1. The van der Waals surface area contributed by atoms with Gasteiger partial charge in [0.1, 0.15) is 5.75 Å². The Labute approximate surface area is 253 Å². The lowest BCUT2D eigenvalue weighted by Gasteiger charge is -2.52. The molecule has 4 aliphatic rings. The Morgan fingerprint density at radius 3 is 2.32 bits per heavy atom. The molecular weight excluding hydrogens is 576 g/mol. The zero-order chi connectivity index (χ0) is 32.2. The summed E-state index contributed by atoms with van der Waals surface area (Å²) in [5.41, 5.74) is 2.75. The average molecular weight is 613 g/mol. The van der Waals surface area contributed by atoms with Crippen LogP contribution in [0.3, 0.4) is 0 Å². The fourth-order valence-electron chi connectivity index (χ4n) is 7.46. The quantitative estimate of drug-likeness (QED) is 0.257. The highest BCUT2D eigenvalue weighted by Crippen LogP contribution is 2.51. The number of piperazine rings is 1. The second-order valence-electron chi connectivity index (χ2n) is 12.2. The summed E-state index contributed by atoms with van der Waals surface area (Å²) in [5.74, 6) is -11.8. The molecule has 2 saturated carbocycles. The summed E-state index contributed by atoms with van der Waals surface area (Å²) in [6, 6.07) is 1.41. The Morgan fingerprint density at radius 2 is 1.73 bits per heavy atom. The number of nitrogens with zero attached hydrogens (tertiary/aromatic N) is 3. The van der Waals surface area contributed by atoms with Gasteiger partial charge in [-0.3, -0.25) is 38.6 Å². The third-order valence-electron chi connectivity index (χ3n) is 9.51. The molecule has 44 heavy (non-hydrogen) atoms. The molecule has 0 spiro atoms. The third-order valence-corrected chi connectivity index (χ3v) is 9.51. The van der Waals surface area contributed by atoms with E-state index in [0.717, 1.165) is 0 Å². The number of hydrogen-bond donors (Lipinski definition) is 3. The number of Topliss-reactive ketones (excluding diaryl/α,β-unsaturated/α-hetero) is 5. The Morgan fingerprint density at radius 1 is 1.07 bits per heavy atom. The van der Waals surface area contributed by atoms with E-state index in [-0.39, 0.29) is 48.5 Å². The summed E-state index contributed by atoms with van der Waals surface area (Å²) in [5, 5.41) is 22.4. The number of benzene rings is 1. The predicted molar refractivity (Wildman–Crippen MR) is 151 cm³/mol. The van der Waals surface area contributed by atoms with Crippen molar-refractivity contribution in [1.29, 1.82) is 0 Å². The van der Waals surface area contributed by atoms with Gasteiger partial charge in [0.2, 0.25) is 5.91 Å². The van der Waals surface area contributed by atoms with E-state index in [0.29, 0.717) is 26.2 Å². The number of aliphatic hydroxyl groups is 1. The van der Waals surface area contributed by atoms with Crippen LogP contribution in [0.1, 0.15) is 39.6 Å². The summed E-state index contributed by atoms with van der Waals surface area (Å²) >= 11 is 0. The average Bonchev–Trinajstić information content (AvgIpc) is 2.95. The largest absolute Gasteiger partial charge is 0.507 e. The highest BCUT2D eigenvalue weighted by atomic mass is 16.6. The number of hydrogen-bond acceptors (Lipinski definition) is 12. The topological polar surface area (TPSA) is 205 Å². The molecule has 1 aromatic carbocycles. The molecule has 3 aliphatic carbocycles. The van der Waals surface area contributed by atoms with E-state index >= 15 is 0 Å². The summed E-state index contributed by atoms with van der Waals surface area (Å²) in [7, 11) is 3.02. The van der Waals surface area contributed by atoms with Gasteiger partial charge in [0.15, 0.2) is 40.4 Å². The SMILES string of the molecule is CCOC(=O)N1CCN(CC(=O)c2ccc(O)c3c2C[C@H]2C[C@H]4[C@H](N(C)C)C(=O)C(C(N)=O)C(=O)[C@@]4(O)C(=O)C2C3=O)CC1. The molecule has 6 atom stereocenters. The van der Waals surface area contributed by atoms with Crippen molar-refractivity contribution < 1.29 is 48.5 Å². The van der Waals surface area contributed by atoms with Gasteiger partial charge in [0, 0.05) is 37.7 Å². The highest BCUT2D eigenvalue weighted by Gasteiger charge is 2.69. The molecular formula is C30H36N4O10. The van der Waals surface area contributed by atoms with Crippen LogP contribution >= 0.6 is 0 Å². The molecule has 0 bridgehead atoms. The van der Waals surface area contributed by atoms with Crippen molar-refractivity contribution >= 4 is 40.9 Å². The molecule has 14 nitrogen and oxygen atoms in total. The van der Waals surface area contributed by atoms with E-state index in [4.69, 9.17) is 10.5 Å². The van der Waals surface area contributed by atoms with E-state index in [1.807, 2.05) is 4.90 Å². The number of primary amides is 1. The lowest BCUT2D eigenvalue weighted by atomic mass is 9.52. The smallest absolute Gasteiger partial charge is 0.409 e. The number of rotatable bonds is 6. The van der Waals surface area contributed by atoms with Crippen LogP contribution in [0, 0.1) is 23.7 Å². The number of nitrogens with two attached hydrogens (primary N) is 1. The van der Waals surface area contributed by atoms with Gasteiger partial charge in [-0.25, -0.2) is 4.79 Å².